The molecule has 0 radical (unpaired) electrons. The van der Waals surface area contributed by atoms with E-state index in [1.807, 2.05) is 47.9 Å². The number of benzene rings is 3. The highest BCUT2D eigenvalue weighted by atomic mass is 32.2. The molecule has 4 rings (SSSR count). The fourth-order valence-electron chi connectivity index (χ4n) is 3.84. The third-order valence-corrected chi connectivity index (χ3v) is 6.95. The fourth-order valence-corrected chi connectivity index (χ4v) is 5.00. The van der Waals surface area contributed by atoms with Crippen LogP contribution in [0.25, 0.3) is 5.69 Å². The number of ether oxygens (including phenoxy) is 3. The number of aromatic nitrogens is 3. The van der Waals surface area contributed by atoms with E-state index in [1.54, 1.807) is 37.4 Å². The maximum atomic E-state index is 11.6. The van der Waals surface area contributed by atoms with E-state index >= 15 is 0 Å². The molecule has 0 amide bonds. The molecule has 38 heavy (non-hydrogen) atoms. The van der Waals surface area contributed by atoms with E-state index in [0.29, 0.717) is 39.4 Å². The minimum absolute atomic E-state index is 0.177. The number of nitriles is 1. The van der Waals surface area contributed by atoms with Crippen molar-refractivity contribution in [3.05, 3.63) is 99.4 Å². The number of aryl methyl sites for hydroxylation is 1. The van der Waals surface area contributed by atoms with Crippen LogP contribution >= 0.6 is 11.8 Å². The van der Waals surface area contributed by atoms with Crippen molar-refractivity contribution in [1.29, 1.82) is 5.26 Å². The second-order valence-electron chi connectivity index (χ2n) is 8.15. The first-order chi connectivity index (χ1) is 18.4. The highest BCUT2D eigenvalue weighted by molar-refractivity contribution is 7.99. The Morgan fingerprint density at radius 1 is 1.05 bits per heavy atom. The summed E-state index contributed by atoms with van der Waals surface area (Å²) in [6.07, 6.45) is 0. The Kier molecular flexibility index (Phi) is 8.45. The normalized spacial score (nSPS) is 11.4. The summed E-state index contributed by atoms with van der Waals surface area (Å²) < 4.78 is 18.6. The van der Waals surface area contributed by atoms with Gasteiger partial charge in [0.05, 0.1) is 25.9 Å². The van der Waals surface area contributed by atoms with E-state index in [-0.39, 0.29) is 18.1 Å². The molecule has 1 heterocycles. The van der Waals surface area contributed by atoms with E-state index in [4.69, 9.17) is 14.2 Å². The smallest absolute Gasteiger partial charge is 0.220 e. The van der Waals surface area contributed by atoms with E-state index in [1.165, 1.54) is 18.9 Å². The van der Waals surface area contributed by atoms with E-state index in [9.17, 15) is 15.4 Å². The lowest BCUT2D eigenvalue weighted by Crippen LogP contribution is -2.11. The number of hydrogen-bond donors (Lipinski definition) is 0. The lowest BCUT2D eigenvalue weighted by Gasteiger charge is -2.17. The van der Waals surface area contributed by atoms with Crippen molar-refractivity contribution in [1.82, 2.24) is 14.8 Å². The SMILES string of the molecule is COc1ccc(-n2c(C)nnc2S[C@H](C[N+](=O)[O-])c2ccc(OCc3ccccc3C#N)c(OC)c2)cc1. The van der Waals surface area contributed by atoms with Crippen molar-refractivity contribution in [2.75, 3.05) is 20.8 Å². The minimum atomic E-state index is -0.576. The number of nitrogens with zero attached hydrogens (tertiary/aromatic N) is 5. The molecule has 0 aliphatic rings. The molecule has 3 aromatic carbocycles. The molecule has 194 valence electrons. The lowest BCUT2D eigenvalue weighted by atomic mass is 10.1. The van der Waals surface area contributed by atoms with Gasteiger partial charge in [-0.25, -0.2) is 0 Å². The monoisotopic (exact) mass is 531 g/mol. The van der Waals surface area contributed by atoms with Crippen LogP contribution in [0.1, 0.15) is 27.8 Å². The van der Waals surface area contributed by atoms with Gasteiger partial charge in [0.1, 0.15) is 23.4 Å². The Hall–Kier alpha value is -4.56. The topological polar surface area (TPSA) is 125 Å². The molecule has 0 fully saturated rings. The number of methoxy groups -OCH3 is 2. The zero-order chi connectivity index (χ0) is 27.1. The summed E-state index contributed by atoms with van der Waals surface area (Å²) in [5.74, 6) is 2.26. The third kappa shape index (κ3) is 6.04. The molecule has 10 nitrogen and oxygen atoms in total. The van der Waals surface area contributed by atoms with Crippen LogP contribution in [0.5, 0.6) is 17.2 Å². The number of thioether (sulfide) groups is 1. The number of hydrogen-bond acceptors (Lipinski definition) is 9. The molecule has 1 atom stereocenters. The Bertz CT molecular complexity index is 1470. The van der Waals surface area contributed by atoms with Gasteiger partial charge in [-0.2, -0.15) is 5.26 Å². The van der Waals surface area contributed by atoms with E-state index in [0.717, 1.165) is 11.3 Å². The summed E-state index contributed by atoms with van der Waals surface area (Å²) in [6, 6.07) is 22.0. The summed E-state index contributed by atoms with van der Waals surface area (Å²) in [4.78, 5) is 11.2. The van der Waals surface area contributed by atoms with Crippen LogP contribution < -0.4 is 14.2 Å². The predicted octanol–water partition coefficient (Wildman–Crippen LogP) is 5.15. The summed E-state index contributed by atoms with van der Waals surface area (Å²) in [6.45, 7) is 1.66. The molecule has 0 aliphatic heterocycles. The van der Waals surface area contributed by atoms with Crippen molar-refractivity contribution in [3.63, 3.8) is 0 Å². The molecular weight excluding hydrogens is 506 g/mol. The van der Waals surface area contributed by atoms with Gasteiger partial charge in [0, 0.05) is 16.2 Å². The number of rotatable bonds is 11. The van der Waals surface area contributed by atoms with Gasteiger partial charge in [0.2, 0.25) is 6.54 Å². The van der Waals surface area contributed by atoms with Crippen molar-refractivity contribution in [2.45, 2.75) is 23.9 Å². The van der Waals surface area contributed by atoms with Crippen molar-refractivity contribution >= 4 is 11.8 Å². The molecule has 4 aromatic rings. The molecule has 0 unspecified atom stereocenters. The Balaban J connectivity index is 1.61. The highest BCUT2D eigenvalue weighted by Crippen LogP contribution is 2.39. The van der Waals surface area contributed by atoms with Gasteiger partial charge in [-0.05, 0) is 55.0 Å². The van der Waals surface area contributed by atoms with Gasteiger partial charge in [-0.15, -0.1) is 10.2 Å². The largest absolute Gasteiger partial charge is 0.497 e. The summed E-state index contributed by atoms with van der Waals surface area (Å²) in [7, 11) is 3.10. The Labute approximate surface area is 223 Å². The summed E-state index contributed by atoms with van der Waals surface area (Å²) in [5, 5.41) is 29.3. The predicted molar refractivity (Wildman–Crippen MR) is 142 cm³/mol. The average molecular weight is 532 g/mol. The molecule has 0 N–H and O–H groups in total. The molecule has 0 spiro atoms. The summed E-state index contributed by atoms with van der Waals surface area (Å²) in [5.41, 5.74) is 2.77. The second kappa shape index (κ2) is 12.1. The highest BCUT2D eigenvalue weighted by Gasteiger charge is 2.25. The Morgan fingerprint density at radius 2 is 1.82 bits per heavy atom. The van der Waals surface area contributed by atoms with Gasteiger partial charge in [-0.3, -0.25) is 14.7 Å². The van der Waals surface area contributed by atoms with Crippen LogP contribution in [0.4, 0.5) is 0 Å². The van der Waals surface area contributed by atoms with Crippen molar-refractivity contribution in [2.24, 2.45) is 0 Å². The van der Waals surface area contributed by atoms with Gasteiger partial charge >= 0.3 is 0 Å². The van der Waals surface area contributed by atoms with Crippen LogP contribution in [-0.4, -0.2) is 40.5 Å². The maximum absolute atomic E-state index is 11.6. The van der Waals surface area contributed by atoms with Gasteiger partial charge in [0.25, 0.3) is 0 Å². The second-order valence-corrected chi connectivity index (χ2v) is 9.32. The first kappa shape index (κ1) is 26.5. The first-order valence-electron chi connectivity index (χ1n) is 11.6. The molecule has 1 aromatic heterocycles. The Morgan fingerprint density at radius 3 is 2.50 bits per heavy atom. The zero-order valence-electron chi connectivity index (χ0n) is 21.0. The van der Waals surface area contributed by atoms with Gasteiger partial charge in [-0.1, -0.05) is 36.0 Å². The zero-order valence-corrected chi connectivity index (χ0v) is 21.8. The van der Waals surface area contributed by atoms with Crippen LogP contribution in [0.15, 0.2) is 71.9 Å². The van der Waals surface area contributed by atoms with E-state index in [2.05, 4.69) is 16.3 Å². The fraction of sp³-hybridized carbons (Fsp3) is 0.222. The van der Waals surface area contributed by atoms with E-state index < -0.39 is 5.25 Å². The lowest BCUT2D eigenvalue weighted by molar-refractivity contribution is -0.479. The first-order valence-corrected chi connectivity index (χ1v) is 12.4. The quantitative estimate of drug-likeness (QED) is 0.147. The minimum Gasteiger partial charge on any atom is -0.497 e. The average Bonchev–Trinajstić information content (AvgIpc) is 3.30. The van der Waals surface area contributed by atoms with Crippen LogP contribution in [0, 0.1) is 28.4 Å². The number of nitro groups is 1. The maximum Gasteiger partial charge on any atom is 0.220 e. The molecule has 11 heteroatoms. The van der Waals surface area contributed by atoms with Gasteiger partial charge in [0.15, 0.2) is 16.7 Å². The standard InChI is InChI=1S/C27H25N5O5S/c1-18-29-30-27(32(18)22-9-11-23(35-2)12-10-22)38-26(16-31(33)34)19-8-13-24(25(14-19)36-3)37-17-21-7-5-4-6-20(21)15-28/h4-14,26H,16-17H2,1-3H3/t26-/m1/s1. The van der Waals surface area contributed by atoms with Crippen LogP contribution in [0.3, 0.4) is 0 Å². The molecule has 0 saturated carbocycles. The molecule has 0 bridgehead atoms. The van der Waals surface area contributed by atoms with Gasteiger partial charge < -0.3 is 14.2 Å². The third-order valence-electron chi connectivity index (χ3n) is 5.77. The summed E-state index contributed by atoms with van der Waals surface area (Å²) >= 11 is 1.25. The van der Waals surface area contributed by atoms with Crippen molar-refractivity contribution in [3.8, 4) is 29.0 Å². The molecule has 0 saturated heterocycles. The molecule has 0 aliphatic carbocycles. The van der Waals surface area contributed by atoms with Crippen LogP contribution in [0.2, 0.25) is 0 Å². The molecular formula is C27H25N5O5S. The van der Waals surface area contributed by atoms with Crippen LogP contribution in [-0.2, 0) is 6.61 Å². The van der Waals surface area contributed by atoms with Crippen molar-refractivity contribution < 1.29 is 19.1 Å².